The number of epoxide rings is 1. The third kappa shape index (κ3) is 2.17. The SMILES string of the molecule is COc1ccc(O[C@@H](C)[C@@H]2CO2)cc1. The summed E-state index contributed by atoms with van der Waals surface area (Å²) in [5, 5.41) is 0. The topological polar surface area (TPSA) is 31.0 Å². The fourth-order valence-corrected chi connectivity index (χ4v) is 1.27. The van der Waals surface area contributed by atoms with Crippen LogP contribution in [0.4, 0.5) is 0 Å². The van der Waals surface area contributed by atoms with E-state index in [0.717, 1.165) is 18.1 Å². The molecule has 3 heteroatoms. The van der Waals surface area contributed by atoms with Crippen molar-refractivity contribution in [2.45, 2.75) is 19.1 Å². The molecule has 2 rings (SSSR count). The van der Waals surface area contributed by atoms with E-state index in [1.807, 2.05) is 31.2 Å². The van der Waals surface area contributed by atoms with Gasteiger partial charge in [-0.2, -0.15) is 0 Å². The Kier molecular flexibility index (Phi) is 2.59. The van der Waals surface area contributed by atoms with E-state index in [1.54, 1.807) is 7.11 Å². The molecule has 1 fully saturated rings. The summed E-state index contributed by atoms with van der Waals surface area (Å²) in [6, 6.07) is 7.57. The first-order valence-electron chi connectivity index (χ1n) is 4.72. The van der Waals surface area contributed by atoms with Gasteiger partial charge in [0.15, 0.2) is 0 Å². The summed E-state index contributed by atoms with van der Waals surface area (Å²) >= 11 is 0. The molecule has 14 heavy (non-hydrogen) atoms. The van der Waals surface area contributed by atoms with Gasteiger partial charge in [0.25, 0.3) is 0 Å². The number of hydrogen-bond acceptors (Lipinski definition) is 3. The van der Waals surface area contributed by atoms with Gasteiger partial charge in [-0.15, -0.1) is 0 Å². The van der Waals surface area contributed by atoms with Gasteiger partial charge < -0.3 is 14.2 Å². The van der Waals surface area contributed by atoms with Gasteiger partial charge in [-0.25, -0.2) is 0 Å². The monoisotopic (exact) mass is 194 g/mol. The van der Waals surface area contributed by atoms with E-state index in [1.165, 1.54) is 0 Å². The van der Waals surface area contributed by atoms with Gasteiger partial charge in [-0.05, 0) is 31.2 Å². The Labute approximate surface area is 83.6 Å². The Morgan fingerprint density at radius 1 is 1.29 bits per heavy atom. The molecule has 1 aromatic rings. The van der Waals surface area contributed by atoms with Crippen LogP contribution in [0.25, 0.3) is 0 Å². The summed E-state index contributed by atoms with van der Waals surface area (Å²) < 4.78 is 15.8. The highest BCUT2D eigenvalue weighted by Crippen LogP contribution is 2.22. The fraction of sp³-hybridized carbons (Fsp3) is 0.455. The molecule has 0 aliphatic carbocycles. The zero-order chi connectivity index (χ0) is 9.97. The Hall–Kier alpha value is -1.22. The van der Waals surface area contributed by atoms with Gasteiger partial charge in [-0.3, -0.25) is 0 Å². The van der Waals surface area contributed by atoms with Crippen LogP contribution in [-0.2, 0) is 4.74 Å². The van der Waals surface area contributed by atoms with Crippen LogP contribution in [0.3, 0.4) is 0 Å². The summed E-state index contributed by atoms with van der Waals surface area (Å²) in [4.78, 5) is 0. The van der Waals surface area contributed by atoms with Gasteiger partial charge in [-0.1, -0.05) is 0 Å². The lowest BCUT2D eigenvalue weighted by atomic mass is 10.3. The van der Waals surface area contributed by atoms with Gasteiger partial charge >= 0.3 is 0 Å². The van der Waals surface area contributed by atoms with Crippen LogP contribution in [-0.4, -0.2) is 25.9 Å². The maximum Gasteiger partial charge on any atom is 0.124 e. The van der Waals surface area contributed by atoms with E-state index in [2.05, 4.69) is 0 Å². The van der Waals surface area contributed by atoms with E-state index in [-0.39, 0.29) is 12.2 Å². The van der Waals surface area contributed by atoms with Crippen molar-refractivity contribution in [2.75, 3.05) is 13.7 Å². The van der Waals surface area contributed by atoms with Crippen LogP contribution in [0.15, 0.2) is 24.3 Å². The van der Waals surface area contributed by atoms with E-state index in [4.69, 9.17) is 14.2 Å². The van der Waals surface area contributed by atoms with Crippen molar-refractivity contribution in [1.29, 1.82) is 0 Å². The van der Waals surface area contributed by atoms with Crippen molar-refractivity contribution in [3.63, 3.8) is 0 Å². The first kappa shape index (κ1) is 9.34. The van der Waals surface area contributed by atoms with Crippen molar-refractivity contribution in [3.8, 4) is 11.5 Å². The van der Waals surface area contributed by atoms with Gasteiger partial charge in [0.05, 0.1) is 13.7 Å². The van der Waals surface area contributed by atoms with Crippen molar-refractivity contribution in [1.82, 2.24) is 0 Å². The van der Waals surface area contributed by atoms with Crippen LogP contribution in [0.5, 0.6) is 11.5 Å². The number of ether oxygens (including phenoxy) is 3. The van der Waals surface area contributed by atoms with Gasteiger partial charge in [0.2, 0.25) is 0 Å². The standard InChI is InChI=1S/C11H14O3/c1-8(11-7-13-11)14-10-5-3-9(12-2)4-6-10/h3-6,8,11H,7H2,1-2H3/t8-,11-/m0/s1. The predicted molar refractivity (Wildman–Crippen MR) is 52.8 cm³/mol. The number of rotatable bonds is 4. The highest BCUT2D eigenvalue weighted by molar-refractivity contribution is 5.31. The van der Waals surface area contributed by atoms with E-state index >= 15 is 0 Å². The zero-order valence-electron chi connectivity index (χ0n) is 8.40. The normalized spacial score (nSPS) is 21.4. The molecular weight excluding hydrogens is 180 g/mol. The molecule has 1 heterocycles. The molecule has 0 unspecified atom stereocenters. The molecule has 3 nitrogen and oxygen atoms in total. The smallest absolute Gasteiger partial charge is 0.124 e. The van der Waals surface area contributed by atoms with E-state index < -0.39 is 0 Å². The first-order chi connectivity index (χ1) is 6.79. The third-order valence-electron chi connectivity index (χ3n) is 2.26. The molecule has 0 aromatic heterocycles. The average Bonchev–Trinajstić information content (AvgIpc) is 3.02. The lowest BCUT2D eigenvalue weighted by Gasteiger charge is -2.12. The Morgan fingerprint density at radius 3 is 2.36 bits per heavy atom. The first-order valence-corrected chi connectivity index (χ1v) is 4.72. The maximum atomic E-state index is 5.66. The minimum Gasteiger partial charge on any atom is -0.497 e. The summed E-state index contributed by atoms with van der Waals surface area (Å²) in [5.41, 5.74) is 0. The second kappa shape index (κ2) is 3.88. The maximum absolute atomic E-state index is 5.66. The molecule has 0 spiro atoms. The van der Waals surface area contributed by atoms with Crippen LogP contribution in [0.1, 0.15) is 6.92 Å². The van der Waals surface area contributed by atoms with Crippen LogP contribution in [0, 0.1) is 0 Å². The van der Waals surface area contributed by atoms with E-state index in [9.17, 15) is 0 Å². The molecule has 1 aliphatic heterocycles. The highest BCUT2D eigenvalue weighted by atomic mass is 16.6. The Morgan fingerprint density at radius 2 is 1.86 bits per heavy atom. The number of hydrogen-bond donors (Lipinski definition) is 0. The molecule has 1 saturated heterocycles. The van der Waals surface area contributed by atoms with E-state index in [0.29, 0.717) is 0 Å². The van der Waals surface area contributed by atoms with Crippen molar-refractivity contribution < 1.29 is 14.2 Å². The molecule has 0 N–H and O–H groups in total. The lowest BCUT2D eigenvalue weighted by Crippen LogP contribution is -2.18. The molecule has 0 amide bonds. The highest BCUT2D eigenvalue weighted by Gasteiger charge is 2.30. The van der Waals surface area contributed by atoms with Gasteiger partial charge in [0, 0.05) is 0 Å². The average molecular weight is 194 g/mol. The molecule has 76 valence electrons. The molecule has 0 radical (unpaired) electrons. The lowest BCUT2D eigenvalue weighted by molar-refractivity contribution is 0.176. The molecule has 0 bridgehead atoms. The summed E-state index contributed by atoms with van der Waals surface area (Å²) in [6.07, 6.45) is 0.403. The predicted octanol–water partition coefficient (Wildman–Crippen LogP) is 1.86. The van der Waals surface area contributed by atoms with Crippen LogP contribution < -0.4 is 9.47 Å². The van der Waals surface area contributed by atoms with Crippen molar-refractivity contribution in [3.05, 3.63) is 24.3 Å². The number of methoxy groups -OCH3 is 1. The second-order valence-corrected chi connectivity index (χ2v) is 3.37. The largest absolute Gasteiger partial charge is 0.497 e. The molecule has 1 aromatic carbocycles. The summed E-state index contributed by atoms with van der Waals surface area (Å²) in [5.74, 6) is 1.70. The molecule has 0 saturated carbocycles. The third-order valence-corrected chi connectivity index (χ3v) is 2.26. The Bertz CT molecular complexity index is 290. The molecular formula is C11H14O3. The molecule has 1 aliphatic rings. The van der Waals surface area contributed by atoms with Crippen LogP contribution in [0.2, 0.25) is 0 Å². The summed E-state index contributed by atoms with van der Waals surface area (Å²) in [7, 11) is 1.65. The zero-order valence-corrected chi connectivity index (χ0v) is 8.40. The van der Waals surface area contributed by atoms with Crippen molar-refractivity contribution in [2.24, 2.45) is 0 Å². The number of benzene rings is 1. The van der Waals surface area contributed by atoms with Crippen LogP contribution >= 0.6 is 0 Å². The quantitative estimate of drug-likeness (QED) is 0.685. The molecule has 2 atom stereocenters. The minimum absolute atomic E-state index is 0.128. The fourth-order valence-electron chi connectivity index (χ4n) is 1.27. The Balaban J connectivity index is 1.95. The minimum atomic E-state index is 0.128. The van der Waals surface area contributed by atoms with Crippen molar-refractivity contribution >= 4 is 0 Å². The summed E-state index contributed by atoms with van der Waals surface area (Å²) in [6.45, 7) is 2.83. The van der Waals surface area contributed by atoms with Gasteiger partial charge in [0.1, 0.15) is 23.7 Å². The second-order valence-electron chi connectivity index (χ2n) is 3.37.